The second-order valence-corrected chi connectivity index (χ2v) is 7.91. The SMILES string of the molecule is NC1CCN(c2c3c(nc4ccc(-c5cccnc5)cc24)CCCCC3)C1. The Balaban J connectivity index is 1.73. The number of hydrogen-bond donors (Lipinski definition) is 1. The molecule has 3 heterocycles. The Hall–Kier alpha value is -2.46. The molecule has 0 radical (unpaired) electrons. The lowest BCUT2D eigenvalue weighted by molar-refractivity contribution is 0.708. The fourth-order valence-corrected chi connectivity index (χ4v) is 4.64. The Morgan fingerprint density at radius 3 is 2.78 bits per heavy atom. The van der Waals surface area contributed by atoms with Gasteiger partial charge in [-0.1, -0.05) is 18.6 Å². The van der Waals surface area contributed by atoms with Crippen LogP contribution in [0.25, 0.3) is 22.0 Å². The molecular weight excluding hydrogens is 332 g/mol. The molecule has 2 aromatic heterocycles. The van der Waals surface area contributed by atoms with E-state index in [1.54, 1.807) is 0 Å². The van der Waals surface area contributed by atoms with E-state index >= 15 is 0 Å². The van der Waals surface area contributed by atoms with Crippen molar-refractivity contribution >= 4 is 16.6 Å². The monoisotopic (exact) mass is 358 g/mol. The van der Waals surface area contributed by atoms with Crippen LogP contribution < -0.4 is 10.6 Å². The molecule has 27 heavy (non-hydrogen) atoms. The van der Waals surface area contributed by atoms with Gasteiger partial charge in [-0.05, 0) is 61.4 Å². The number of benzene rings is 1. The maximum absolute atomic E-state index is 6.27. The molecule has 0 bridgehead atoms. The second kappa shape index (κ2) is 6.93. The summed E-state index contributed by atoms with van der Waals surface area (Å²) in [5, 5.41) is 1.27. The van der Waals surface area contributed by atoms with E-state index in [1.807, 2.05) is 18.5 Å². The fourth-order valence-electron chi connectivity index (χ4n) is 4.64. The highest BCUT2D eigenvalue weighted by atomic mass is 15.2. The van der Waals surface area contributed by atoms with Crippen molar-refractivity contribution in [3.8, 4) is 11.1 Å². The lowest BCUT2D eigenvalue weighted by Crippen LogP contribution is -2.27. The fraction of sp³-hybridized carbons (Fsp3) is 0.391. The Morgan fingerprint density at radius 1 is 1.04 bits per heavy atom. The molecule has 0 amide bonds. The van der Waals surface area contributed by atoms with Gasteiger partial charge in [0.05, 0.1) is 11.2 Å². The van der Waals surface area contributed by atoms with Crippen LogP contribution in [0.3, 0.4) is 0 Å². The molecule has 1 aliphatic heterocycles. The van der Waals surface area contributed by atoms with Gasteiger partial charge < -0.3 is 10.6 Å². The Bertz CT molecular complexity index is 967. The molecular formula is C23H26N4. The molecule has 4 nitrogen and oxygen atoms in total. The summed E-state index contributed by atoms with van der Waals surface area (Å²) in [5.41, 5.74) is 13.9. The molecule has 1 saturated heterocycles. The van der Waals surface area contributed by atoms with Crippen LogP contribution in [0.15, 0.2) is 42.7 Å². The average Bonchev–Trinajstić information content (AvgIpc) is 2.99. The van der Waals surface area contributed by atoms with Crippen molar-refractivity contribution in [2.75, 3.05) is 18.0 Å². The standard InChI is InChI=1S/C23H26N4/c24-18-10-12-27(15-18)23-19-6-2-1-3-7-21(19)26-22-9-8-16(13-20(22)23)17-5-4-11-25-14-17/h4-5,8-9,11,13-14,18H,1-3,6-7,10,12,15,24H2. The highest BCUT2D eigenvalue weighted by molar-refractivity contribution is 5.97. The van der Waals surface area contributed by atoms with Crippen molar-refractivity contribution in [1.82, 2.24) is 9.97 Å². The minimum Gasteiger partial charge on any atom is -0.369 e. The van der Waals surface area contributed by atoms with Gasteiger partial charge in [-0.15, -0.1) is 0 Å². The zero-order valence-corrected chi connectivity index (χ0v) is 15.7. The van der Waals surface area contributed by atoms with Gasteiger partial charge in [-0.2, -0.15) is 0 Å². The Labute approximate surface area is 160 Å². The first-order chi connectivity index (χ1) is 13.3. The van der Waals surface area contributed by atoms with E-state index < -0.39 is 0 Å². The van der Waals surface area contributed by atoms with E-state index in [2.05, 4.69) is 34.1 Å². The van der Waals surface area contributed by atoms with Crippen LogP contribution in [0.1, 0.15) is 36.9 Å². The number of anilines is 1. The molecule has 0 spiro atoms. The summed E-state index contributed by atoms with van der Waals surface area (Å²) in [7, 11) is 0. The van der Waals surface area contributed by atoms with Crippen LogP contribution in [0.2, 0.25) is 0 Å². The predicted octanol–water partition coefficient (Wildman–Crippen LogP) is 4.10. The summed E-state index contributed by atoms with van der Waals surface area (Å²) in [4.78, 5) is 11.9. The van der Waals surface area contributed by atoms with Gasteiger partial charge in [0.15, 0.2) is 0 Å². The molecule has 1 atom stereocenters. The minimum absolute atomic E-state index is 0.274. The number of rotatable bonds is 2. The molecule has 3 aromatic rings. The van der Waals surface area contributed by atoms with Crippen LogP contribution in [0.5, 0.6) is 0 Å². The van der Waals surface area contributed by atoms with Crippen LogP contribution in [0.4, 0.5) is 5.69 Å². The zero-order valence-electron chi connectivity index (χ0n) is 15.7. The maximum atomic E-state index is 6.27. The lowest BCUT2D eigenvalue weighted by Gasteiger charge is -2.25. The van der Waals surface area contributed by atoms with Crippen molar-refractivity contribution in [3.63, 3.8) is 0 Å². The van der Waals surface area contributed by atoms with Gasteiger partial charge in [0, 0.05) is 48.2 Å². The van der Waals surface area contributed by atoms with Crippen LogP contribution >= 0.6 is 0 Å². The largest absolute Gasteiger partial charge is 0.369 e. The Morgan fingerprint density at radius 2 is 1.96 bits per heavy atom. The molecule has 1 unspecified atom stereocenters. The third kappa shape index (κ3) is 3.08. The molecule has 1 aliphatic carbocycles. The summed E-state index contributed by atoms with van der Waals surface area (Å²) in [6.45, 7) is 1.99. The number of nitrogens with two attached hydrogens (primary N) is 1. The van der Waals surface area contributed by atoms with Gasteiger partial charge in [-0.25, -0.2) is 0 Å². The van der Waals surface area contributed by atoms with Crippen molar-refractivity contribution in [1.29, 1.82) is 0 Å². The van der Waals surface area contributed by atoms with Crippen molar-refractivity contribution < 1.29 is 0 Å². The highest BCUT2D eigenvalue weighted by Gasteiger charge is 2.26. The van der Waals surface area contributed by atoms with Gasteiger partial charge in [-0.3, -0.25) is 9.97 Å². The van der Waals surface area contributed by atoms with E-state index in [4.69, 9.17) is 10.7 Å². The summed E-state index contributed by atoms with van der Waals surface area (Å²) in [6.07, 6.45) is 10.9. The summed E-state index contributed by atoms with van der Waals surface area (Å²) in [6, 6.07) is 11.1. The first kappa shape index (κ1) is 16.7. The quantitative estimate of drug-likeness (QED) is 0.701. The van der Waals surface area contributed by atoms with Crippen molar-refractivity contribution in [2.24, 2.45) is 5.73 Å². The first-order valence-corrected chi connectivity index (χ1v) is 10.2. The summed E-state index contributed by atoms with van der Waals surface area (Å²) in [5.74, 6) is 0. The smallest absolute Gasteiger partial charge is 0.0726 e. The zero-order chi connectivity index (χ0) is 18.2. The number of pyridine rings is 2. The highest BCUT2D eigenvalue weighted by Crippen LogP contribution is 2.38. The van der Waals surface area contributed by atoms with Crippen molar-refractivity contribution in [2.45, 2.75) is 44.6 Å². The molecule has 4 heteroatoms. The van der Waals surface area contributed by atoms with E-state index in [0.717, 1.165) is 43.4 Å². The van der Waals surface area contributed by atoms with Gasteiger partial charge in [0.2, 0.25) is 0 Å². The molecule has 1 aromatic carbocycles. The number of aryl methyl sites for hydroxylation is 1. The van der Waals surface area contributed by atoms with E-state index in [0.29, 0.717) is 0 Å². The average molecular weight is 358 g/mol. The van der Waals surface area contributed by atoms with E-state index in [-0.39, 0.29) is 6.04 Å². The minimum atomic E-state index is 0.274. The summed E-state index contributed by atoms with van der Waals surface area (Å²) >= 11 is 0. The lowest BCUT2D eigenvalue weighted by atomic mass is 9.98. The topological polar surface area (TPSA) is 55.0 Å². The molecule has 1 fully saturated rings. The van der Waals surface area contributed by atoms with Crippen LogP contribution in [0, 0.1) is 0 Å². The molecule has 138 valence electrons. The van der Waals surface area contributed by atoms with Crippen LogP contribution in [-0.4, -0.2) is 29.1 Å². The van der Waals surface area contributed by atoms with Crippen molar-refractivity contribution in [3.05, 3.63) is 54.0 Å². The molecule has 0 saturated carbocycles. The first-order valence-electron chi connectivity index (χ1n) is 10.2. The third-order valence-electron chi connectivity index (χ3n) is 6.02. The number of hydrogen-bond acceptors (Lipinski definition) is 4. The number of aromatic nitrogens is 2. The van der Waals surface area contributed by atoms with E-state index in [1.165, 1.54) is 47.2 Å². The third-order valence-corrected chi connectivity index (χ3v) is 6.02. The predicted molar refractivity (Wildman–Crippen MR) is 111 cm³/mol. The van der Waals surface area contributed by atoms with Gasteiger partial charge in [0.25, 0.3) is 0 Å². The molecule has 5 rings (SSSR count). The molecule has 2 aliphatic rings. The second-order valence-electron chi connectivity index (χ2n) is 7.91. The number of fused-ring (bicyclic) bond motifs is 2. The normalized spacial score (nSPS) is 19.9. The van der Waals surface area contributed by atoms with E-state index in [9.17, 15) is 0 Å². The maximum Gasteiger partial charge on any atom is 0.0726 e. The van der Waals surface area contributed by atoms with Crippen LogP contribution in [-0.2, 0) is 12.8 Å². The van der Waals surface area contributed by atoms with Gasteiger partial charge in [0.1, 0.15) is 0 Å². The molecule has 2 N–H and O–H groups in total. The number of nitrogens with zero attached hydrogens (tertiary/aromatic N) is 3. The Kier molecular flexibility index (Phi) is 4.29. The van der Waals surface area contributed by atoms with Gasteiger partial charge >= 0.3 is 0 Å². The summed E-state index contributed by atoms with van der Waals surface area (Å²) < 4.78 is 0.